The maximum absolute atomic E-state index is 13.2. The SMILES string of the molecule is CC1CCN(C(=O)CN2C(=O)NC(Cc3c[nH]c4ccccc34)C2=O)c2ccccc2S1. The third-order valence-electron chi connectivity index (χ3n) is 6.04. The van der Waals surface area contributed by atoms with E-state index in [2.05, 4.69) is 17.2 Å². The smallest absolute Gasteiger partial charge is 0.325 e. The number of para-hydroxylation sites is 2. The lowest BCUT2D eigenvalue weighted by Gasteiger charge is -2.24. The fourth-order valence-electron chi connectivity index (χ4n) is 4.35. The Bertz CT molecular complexity index is 1210. The zero-order chi connectivity index (χ0) is 22.2. The van der Waals surface area contributed by atoms with Gasteiger partial charge in [-0.05, 0) is 30.2 Å². The van der Waals surface area contributed by atoms with Crippen molar-refractivity contribution in [2.75, 3.05) is 18.0 Å². The van der Waals surface area contributed by atoms with Gasteiger partial charge in [0.15, 0.2) is 0 Å². The van der Waals surface area contributed by atoms with Crippen LogP contribution in [-0.2, 0) is 16.0 Å². The number of hydrogen-bond donors (Lipinski definition) is 2. The average molecular weight is 449 g/mol. The van der Waals surface area contributed by atoms with E-state index in [1.807, 2.05) is 54.7 Å². The summed E-state index contributed by atoms with van der Waals surface area (Å²) in [6, 6.07) is 14.4. The number of hydrogen-bond acceptors (Lipinski definition) is 4. The minimum Gasteiger partial charge on any atom is -0.361 e. The molecule has 5 rings (SSSR count). The summed E-state index contributed by atoms with van der Waals surface area (Å²) >= 11 is 1.74. The lowest BCUT2D eigenvalue weighted by molar-refractivity contribution is -0.131. The van der Waals surface area contributed by atoms with Crippen molar-refractivity contribution in [3.8, 4) is 0 Å². The molecule has 7 nitrogen and oxygen atoms in total. The molecule has 2 aromatic carbocycles. The minimum absolute atomic E-state index is 0.247. The molecule has 3 heterocycles. The number of amides is 4. The molecule has 0 bridgehead atoms. The number of urea groups is 1. The fourth-order valence-corrected chi connectivity index (χ4v) is 5.46. The van der Waals surface area contributed by atoms with Crippen LogP contribution in [0.4, 0.5) is 10.5 Å². The molecular weight excluding hydrogens is 424 g/mol. The summed E-state index contributed by atoms with van der Waals surface area (Å²) in [6.07, 6.45) is 3.08. The monoisotopic (exact) mass is 448 g/mol. The highest BCUT2D eigenvalue weighted by molar-refractivity contribution is 8.00. The standard InChI is InChI=1S/C24H24N4O3S/c1-15-10-11-27(20-8-4-5-9-21(20)32-15)22(29)14-28-23(30)19(26-24(28)31)12-16-13-25-18-7-3-2-6-17(16)18/h2-9,13,15,19,25H,10-12,14H2,1H3,(H,26,31). The molecule has 1 saturated heterocycles. The molecule has 1 aromatic heterocycles. The molecular formula is C24H24N4O3S. The van der Waals surface area contributed by atoms with Gasteiger partial charge in [0.1, 0.15) is 12.6 Å². The van der Waals surface area contributed by atoms with Crippen LogP contribution in [0.25, 0.3) is 10.9 Å². The van der Waals surface area contributed by atoms with Crippen LogP contribution >= 0.6 is 11.8 Å². The molecule has 8 heteroatoms. The van der Waals surface area contributed by atoms with Crippen molar-refractivity contribution in [1.29, 1.82) is 0 Å². The number of imide groups is 1. The number of nitrogens with one attached hydrogen (secondary N) is 2. The number of H-pyrrole nitrogens is 1. The maximum atomic E-state index is 13.2. The second kappa shape index (κ2) is 8.35. The number of rotatable bonds is 4. The normalized spacial score (nSPS) is 20.9. The third kappa shape index (κ3) is 3.75. The largest absolute Gasteiger partial charge is 0.361 e. The second-order valence-electron chi connectivity index (χ2n) is 8.22. The summed E-state index contributed by atoms with van der Waals surface area (Å²) < 4.78 is 0. The summed E-state index contributed by atoms with van der Waals surface area (Å²) in [6.45, 7) is 2.44. The fraction of sp³-hybridized carbons (Fsp3) is 0.292. The van der Waals surface area contributed by atoms with E-state index in [-0.39, 0.29) is 18.4 Å². The predicted octanol–water partition coefficient (Wildman–Crippen LogP) is 3.55. The Morgan fingerprint density at radius 2 is 1.91 bits per heavy atom. The summed E-state index contributed by atoms with van der Waals surface area (Å²) in [5, 5.41) is 4.16. The van der Waals surface area contributed by atoms with Gasteiger partial charge in [-0.25, -0.2) is 4.79 Å². The van der Waals surface area contributed by atoms with Gasteiger partial charge in [-0.1, -0.05) is 37.3 Å². The van der Waals surface area contributed by atoms with E-state index in [0.29, 0.717) is 18.2 Å². The van der Waals surface area contributed by atoms with Crippen LogP contribution < -0.4 is 10.2 Å². The van der Waals surface area contributed by atoms with E-state index in [4.69, 9.17) is 0 Å². The van der Waals surface area contributed by atoms with E-state index in [1.165, 1.54) is 0 Å². The molecule has 0 saturated carbocycles. The summed E-state index contributed by atoms with van der Waals surface area (Å²) in [5.74, 6) is -0.608. The highest BCUT2D eigenvalue weighted by Crippen LogP contribution is 2.37. The average Bonchev–Trinajstić information content (AvgIpc) is 3.24. The Labute approximate surface area is 190 Å². The quantitative estimate of drug-likeness (QED) is 0.598. The lowest BCUT2D eigenvalue weighted by atomic mass is 10.1. The van der Waals surface area contributed by atoms with Gasteiger partial charge >= 0.3 is 6.03 Å². The number of aromatic nitrogens is 1. The molecule has 2 aliphatic heterocycles. The van der Waals surface area contributed by atoms with Gasteiger partial charge in [0.25, 0.3) is 5.91 Å². The van der Waals surface area contributed by atoms with Crippen LogP contribution in [0.1, 0.15) is 18.9 Å². The van der Waals surface area contributed by atoms with Gasteiger partial charge in [-0.3, -0.25) is 14.5 Å². The summed E-state index contributed by atoms with van der Waals surface area (Å²) in [4.78, 5) is 45.8. The number of carbonyl (C=O) groups is 3. The zero-order valence-electron chi connectivity index (χ0n) is 17.7. The molecule has 2 N–H and O–H groups in total. The second-order valence-corrected chi connectivity index (χ2v) is 9.70. The van der Waals surface area contributed by atoms with Gasteiger partial charge in [0.2, 0.25) is 5.91 Å². The van der Waals surface area contributed by atoms with E-state index in [0.717, 1.165) is 38.4 Å². The first-order valence-electron chi connectivity index (χ1n) is 10.7. The van der Waals surface area contributed by atoms with E-state index < -0.39 is 12.1 Å². The van der Waals surface area contributed by atoms with Crippen LogP contribution in [0.5, 0.6) is 0 Å². The Balaban J connectivity index is 1.32. The Hall–Kier alpha value is -3.26. The van der Waals surface area contributed by atoms with Crippen molar-refractivity contribution in [1.82, 2.24) is 15.2 Å². The number of aromatic amines is 1. The highest BCUT2D eigenvalue weighted by atomic mass is 32.2. The Morgan fingerprint density at radius 3 is 2.78 bits per heavy atom. The lowest BCUT2D eigenvalue weighted by Crippen LogP contribution is -2.44. The van der Waals surface area contributed by atoms with Gasteiger partial charge in [0.05, 0.1) is 5.69 Å². The van der Waals surface area contributed by atoms with E-state index in [9.17, 15) is 14.4 Å². The molecule has 0 spiro atoms. The molecule has 32 heavy (non-hydrogen) atoms. The van der Waals surface area contributed by atoms with Crippen molar-refractivity contribution in [3.63, 3.8) is 0 Å². The number of thioether (sulfide) groups is 1. The summed E-state index contributed by atoms with van der Waals surface area (Å²) in [7, 11) is 0. The number of nitrogens with zero attached hydrogens (tertiary/aromatic N) is 2. The maximum Gasteiger partial charge on any atom is 0.325 e. The molecule has 4 amide bonds. The van der Waals surface area contributed by atoms with E-state index in [1.54, 1.807) is 16.7 Å². The number of carbonyl (C=O) groups excluding carboxylic acids is 3. The minimum atomic E-state index is -0.679. The van der Waals surface area contributed by atoms with Crippen LogP contribution in [0.2, 0.25) is 0 Å². The van der Waals surface area contributed by atoms with Crippen LogP contribution in [-0.4, -0.2) is 52.1 Å². The van der Waals surface area contributed by atoms with Crippen LogP contribution in [0.15, 0.2) is 59.6 Å². The van der Waals surface area contributed by atoms with Crippen molar-refractivity contribution in [2.45, 2.75) is 36.0 Å². The predicted molar refractivity (Wildman–Crippen MR) is 125 cm³/mol. The molecule has 0 radical (unpaired) electrons. The van der Waals surface area contributed by atoms with Crippen molar-refractivity contribution >= 4 is 46.2 Å². The number of anilines is 1. The van der Waals surface area contributed by atoms with Gasteiger partial charge in [0, 0.05) is 40.2 Å². The van der Waals surface area contributed by atoms with Gasteiger partial charge in [-0.15, -0.1) is 11.8 Å². The third-order valence-corrected chi connectivity index (χ3v) is 7.28. The van der Waals surface area contributed by atoms with Gasteiger partial charge in [-0.2, -0.15) is 0 Å². The molecule has 1 fully saturated rings. The molecule has 0 aliphatic carbocycles. The Morgan fingerprint density at radius 1 is 1.12 bits per heavy atom. The first-order valence-corrected chi connectivity index (χ1v) is 11.6. The zero-order valence-corrected chi connectivity index (χ0v) is 18.5. The molecule has 2 atom stereocenters. The molecule has 2 unspecified atom stereocenters. The van der Waals surface area contributed by atoms with Crippen molar-refractivity contribution in [2.24, 2.45) is 0 Å². The topological polar surface area (TPSA) is 85.5 Å². The highest BCUT2D eigenvalue weighted by Gasteiger charge is 2.40. The first kappa shape index (κ1) is 20.6. The first-order chi connectivity index (χ1) is 15.5. The van der Waals surface area contributed by atoms with Crippen molar-refractivity contribution in [3.05, 3.63) is 60.3 Å². The Kier molecular flexibility index (Phi) is 5.38. The molecule has 2 aliphatic rings. The number of benzene rings is 2. The molecule has 3 aromatic rings. The van der Waals surface area contributed by atoms with E-state index >= 15 is 0 Å². The van der Waals surface area contributed by atoms with Gasteiger partial charge < -0.3 is 15.2 Å². The van der Waals surface area contributed by atoms with Crippen LogP contribution in [0, 0.1) is 0 Å². The molecule has 164 valence electrons. The summed E-state index contributed by atoms with van der Waals surface area (Å²) in [5.41, 5.74) is 2.78. The van der Waals surface area contributed by atoms with Crippen LogP contribution in [0.3, 0.4) is 0 Å². The van der Waals surface area contributed by atoms with Crippen molar-refractivity contribution < 1.29 is 14.4 Å². The number of fused-ring (bicyclic) bond motifs is 2.